The smallest absolute Gasteiger partial charge is 0.261 e. The van der Waals surface area contributed by atoms with Gasteiger partial charge >= 0.3 is 0 Å². The van der Waals surface area contributed by atoms with Gasteiger partial charge in [0, 0.05) is 18.0 Å². The van der Waals surface area contributed by atoms with Crippen molar-refractivity contribution in [1.82, 2.24) is 10.2 Å². The topological polar surface area (TPSA) is 58.6 Å². The number of benzene rings is 1. The van der Waals surface area contributed by atoms with Crippen molar-refractivity contribution in [1.29, 1.82) is 0 Å². The molecule has 5 nitrogen and oxygen atoms in total. The summed E-state index contributed by atoms with van der Waals surface area (Å²) in [7, 11) is 1.40. The van der Waals surface area contributed by atoms with Gasteiger partial charge in [0.05, 0.1) is 18.5 Å². The maximum absolute atomic E-state index is 13.8. The number of hydrogen-bond donors (Lipinski definition) is 1. The van der Waals surface area contributed by atoms with Gasteiger partial charge < -0.3 is 15.0 Å². The minimum Gasteiger partial charge on any atom is -0.494 e. The van der Waals surface area contributed by atoms with Crippen LogP contribution >= 0.6 is 11.3 Å². The predicted octanol–water partition coefficient (Wildman–Crippen LogP) is 2.98. The molecule has 0 bridgehead atoms. The van der Waals surface area contributed by atoms with Crippen LogP contribution in [-0.4, -0.2) is 36.9 Å². The summed E-state index contributed by atoms with van der Waals surface area (Å²) in [4.78, 5) is 27.5. The maximum atomic E-state index is 13.8. The third-order valence-corrected chi connectivity index (χ3v) is 4.69. The fourth-order valence-corrected chi connectivity index (χ4v) is 3.10. The molecular formula is C18H21FN2O3S. The van der Waals surface area contributed by atoms with Gasteiger partial charge in [0.1, 0.15) is 0 Å². The SMILES string of the molecule is CCN(Cc1ccc(OC)c(F)c1)C(=O)CNC(=O)c1ccc(C)s1. The Morgan fingerprint density at radius 2 is 2.04 bits per heavy atom. The number of hydrogen-bond acceptors (Lipinski definition) is 4. The predicted molar refractivity (Wildman–Crippen MR) is 95.4 cm³/mol. The highest BCUT2D eigenvalue weighted by Gasteiger charge is 2.15. The minimum atomic E-state index is -0.468. The van der Waals surface area contributed by atoms with Crippen molar-refractivity contribution >= 4 is 23.2 Å². The average molecular weight is 364 g/mol. The molecule has 1 aromatic carbocycles. The number of methoxy groups -OCH3 is 1. The molecular weight excluding hydrogens is 343 g/mol. The molecule has 134 valence electrons. The molecule has 1 N–H and O–H groups in total. The average Bonchev–Trinajstić information content (AvgIpc) is 3.04. The Bertz CT molecular complexity index is 761. The van der Waals surface area contributed by atoms with Gasteiger partial charge in [-0.15, -0.1) is 11.3 Å². The van der Waals surface area contributed by atoms with Crippen LogP contribution in [0.3, 0.4) is 0 Å². The molecule has 1 aromatic heterocycles. The summed E-state index contributed by atoms with van der Waals surface area (Å²) in [5.74, 6) is -0.792. The number of carbonyl (C=O) groups excluding carboxylic acids is 2. The molecule has 2 rings (SSSR count). The Morgan fingerprint density at radius 3 is 2.60 bits per heavy atom. The lowest BCUT2D eigenvalue weighted by atomic mass is 10.2. The number of nitrogens with zero attached hydrogens (tertiary/aromatic N) is 1. The summed E-state index contributed by atoms with van der Waals surface area (Å²) >= 11 is 1.38. The third kappa shape index (κ3) is 5.03. The Labute approximate surface area is 150 Å². The highest BCUT2D eigenvalue weighted by atomic mass is 32.1. The van der Waals surface area contributed by atoms with Gasteiger partial charge in [0.2, 0.25) is 5.91 Å². The summed E-state index contributed by atoms with van der Waals surface area (Å²) in [5, 5.41) is 2.63. The number of aryl methyl sites for hydroxylation is 1. The summed E-state index contributed by atoms with van der Waals surface area (Å²) in [6.45, 7) is 4.38. The molecule has 2 amide bonds. The lowest BCUT2D eigenvalue weighted by Crippen LogP contribution is -2.39. The van der Waals surface area contributed by atoms with E-state index in [2.05, 4.69) is 5.32 Å². The fourth-order valence-electron chi connectivity index (χ4n) is 2.32. The number of halogens is 1. The van der Waals surface area contributed by atoms with E-state index in [-0.39, 0.29) is 30.7 Å². The van der Waals surface area contributed by atoms with Crippen molar-refractivity contribution in [3.05, 3.63) is 51.5 Å². The van der Waals surface area contributed by atoms with E-state index in [1.165, 1.54) is 30.6 Å². The van der Waals surface area contributed by atoms with Crippen LogP contribution in [0.15, 0.2) is 30.3 Å². The molecule has 0 aliphatic carbocycles. The van der Waals surface area contributed by atoms with Crippen molar-refractivity contribution < 1.29 is 18.7 Å². The molecule has 0 unspecified atom stereocenters. The molecule has 1 heterocycles. The quantitative estimate of drug-likeness (QED) is 0.822. The molecule has 0 saturated carbocycles. The lowest BCUT2D eigenvalue weighted by molar-refractivity contribution is -0.130. The number of carbonyl (C=O) groups is 2. The zero-order valence-electron chi connectivity index (χ0n) is 14.5. The highest BCUT2D eigenvalue weighted by Crippen LogP contribution is 2.19. The molecule has 7 heteroatoms. The lowest BCUT2D eigenvalue weighted by Gasteiger charge is -2.21. The Morgan fingerprint density at radius 1 is 1.28 bits per heavy atom. The monoisotopic (exact) mass is 364 g/mol. The second-order valence-corrected chi connectivity index (χ2v) is 6.76. The molecule has 25 heavy (non-hydrogen) atoms. The molecule has 0 atom stereocenters. The molecule has 0 radical (unpaired) electrons. The van der Waals surface area contributed by atoms with Crippen LogP contribution in [0, 0.1) is 12.7 Å². The van der Waals surface area contributed by atoms with Crippen molar-refractivity contribution in [3.8, 4) is 5.75 Å². The van der Waals surface area contributed by atoms with E-state index in [1.54, 1.807) is 17.0 Å². The zero-order chi connectivity index (χ0) is 18.4. The van der Waals surface area contributed by atoms with Crippen LogP contribution in [0.2, 0.25) is 0 Å². The van der Waals surface area contributed by atoms with E-state index < -0.39 is 5.82 Å². The van der Waals surface area contributed by atoms with E-state index in [0.717, 1.165) is 4.88 Å². The van der Waals surface area contributed by atoms with Gasteiger partial charge in [0.15, 0.2) is 11.6 Å². The van der Waals surface area contributed by atoms with Gasteiger partial charge in [-0.1, -0.05) is 6.07 Å². The number of thiophene rings is 1. The summed E-state index contributed by atoms with van der Waals surface area (Å²) in [5.41, 5.74) is 0.661. The van der Waals surface area contributed by atoms with Crippen LogP contribution in [-0.2, 0) is 11.3 Å². The van der Waals surface area contributed by atoms with Crippen molar-refractivity contribution in [2.75, 3.05) is 20.2 Å². The Hall–Kier alpha value is -2.41. The minimum absolute atomic E-state index is 0.0950. The number of nitrogens with one attached hydrogen (secondary N) is 1. The van der Waals surface area contributed by atoms with Crippen molar-refractivity contribution in [2.45, 2.75) is 20.4 Å². The summed E-state index contributed by atoms with van der Waals surface area (Å²) < 4.78 is 18.7. The number of ether oxygens (including phenoxy) is 1. The first-order chi connectivity index (χ1) is 11.9. The van der Waals surface area contributed by atoms with Crippen LogP contribution in [0.25, 0.3) is 0 Å². The van der Waals surface area contributed by atoms with E-state index in [4.69, 9.17) is 4.74 Å². The maximum Gasteiger partial charge on any atom is 0.261 e. The number of rotatable bonds is 7. The van der Waals surface area contributed by atoms with Gasteiger partial charge in [-0.05, 0) is 43.7 Å². The molecule has 0 fully saturated rings. The standard InChI is InChI=1S/C18H21FN2O3S/c1-4-21(11-13-6-7-15(24-3)14(19)9-13)17(22)10-20-18(23)16-8-5-12(2)25-16/h5-9H,4,10-11H2,1-3H3,(H,20,23). The van der Waals surface area contributed by atoms with Crippen LogP contribution in [0.5, 0.6) is 5.75 Å². The summed E-state index contributed by atoms with van der Waals surface area (Å²) in [6.07, 6.45) is 0. The normalized spacial score (nSPS) is 10.4. The highest BCUT2D eigenvalue weighted by molar-refractivity contribution is 7.13. The van der Waals surface area contributed by atoms with Gasteiger partial charge in [-0.25, -0.2) is 4.39 Å². The fraction of sp³-hybridized carbons (Fsp3) is 0.333. The van der Waals surface area contributed by atoms with Crippen LogP contribution in [0.1, 0.15) is 27.0 Å². The zero-order valence-corrected chi connectivity index (χ0v) is 15.3. The molecule has 0 aliphatic heterocycles. The molecule has 2 aromatic rings. The van der Waals surface area contributed by atoms with E-state index in [9.17, 15) is 14.0 Å². The molecule has 0 spiro atoms. The Balaban J connectivity index is 1.94. The van der Waals surface area contributed by atoms with Crippen LogP contribution < -0.4 is 10.1 Å². The van der Waals surface area contributed by atoms with Gasteiger partial charge in [-0.2, -0.15) is 0 Å². The van der Waals surface area contributed by atoms with E-state index in [0.29, 0.717) is 17.0 Å². The van der Waals surface area contributed by atoms with Gasteiger partial charge in [0.25, 0.3) is 5.91 Å². The first kappa shape index (κ1) is 18.9. The van der Waals surface area contributed by atoms with Crippen molar-refractivity contribution in [3.63, 3.8) is 0 Å². The number of amides is 2. The van der Waals surface area contributed by atoms with Gasteiger partial charge in [-0.3, -0.25) is 9.59 Å². The largest absolute Gasteiger partial charge is 0.494 e. The summed E-state index contributed by atoms with van der Waals surface area (Å²) in [6, 6.07) is 8.19. The van der Waals surface area contributed by atoms with E-state index >= 15 is 0 Å². The second kappa shape index (κ2) is 8.62. The Kier molecular flexibility index (Phi) is 6.52. The number of likely N-dealkylation sites (N-methyl/N-ethyl adjacent to an activating group) is 1. The molecule has 0 saturated heterocycles. The first-order valence-electron chi connectivity index (χ1n) is 7.89. The van der Waals surface area contributed by atoms with Crippen LogP contribution in [0.4, 0.5) is 4.39 Å². The molecule has 0 aliphatic rings. The first-order valence-corrected chi connectivity index (χ1v) is 8.71. The second-order valence-electron chi connectivity index (χ2n) is 5.47. The third-order valence-electron chi connectivity index (χ3n) is 3.69. The van der Waals surface area contributed by atoms with Crippen molar-refractivity contribution in [2.24, 2.45) is 0 Å². The van der Waals surface area contributed by atoms with E-state index in [1.807, 2.05) is 19.9 Å².